The van der Waals surface area contributed by atoms with Gasteiger partial charge in [0, 0.05) is 24.8 Å². The monoisotopic (exact) mass is 401 g/mol. The summed E-state index contributed by atoms with van der Waals surface area (Å²) in [6.07, 6.45) is 3.16. The number of β-lactam (4-membered cyclic amide) rings is 1. The van der Waals surface area contributed by atoms with E-state index >= 15 is 0 Å². The Balaban J connectivity index is 1.37. The number of carbonyl (C=O) groups is 2. The largest absolute Gasteiger partial charge is 0.459 e. The third-order valence-electron chi connectivity index (χ3n) is 4.49. The maximum atomic E-state index is 12.5. The van der Waals surface area contributed by atoms with Crippen LogP contribution >= 0.6 is 11.8 Å². The highest BCUT2D eigenvalue weighted by atomic mass is 32.2. The number of fused-ring (bicyclic) bond motifs is 1. The van der Waals surface area contributed by atoms with Crippen LogP contribution < -0.4 is 0 Å². The topological polar surface area (TPSA) is 116 Å². The lowest BCUT2D eigenvalue weighted by atomic mass is 10.0. The van der Waals surface area contributed by atoms with E-state index in [0.29, 0.717) is 28.5 Å². The zero-order chi connectivity index (χ0) is 19.8. The summed E-state index contributed by atoms with van der Waals surface area (Å²) < 4.78 is 10.4. The fraction of sp³-hybridized carbons (Fsp3) is 0.278. The van der Waals surface area contributed by atoms with Crippen molar-refractivity contribution in [3.8, 4) is 0 Å². The van der Waals surface area contributed by atoms with Gasteiger partial charge >= 0.3 is 5.97 Å². The number of amides is 1. The highest BCUT2D eigenvalue weighted by Crippen LogP contribution is 2.44. The molecule has 0 bridgehead atoms. The Hall–Kier alpha value is -3.14. The molecule has 9 nitrogen and oxygen atoms in total. The Kier molecular flexibility index (Phi) is 4.63. The fourth-order valence-corrected chi connectivity index (χ4v) is 4.48. The SMILES string of the molecule is Cc1nc(C=C2C(=O)N3C(C(=O)OCc4ccc([N+](=O)[O-])cc4)CS[C@H]23)co1. The third-order valence-corrected chi connectivity index (χ3v) is 5.79. The molecule has 10 heteroatoms. The number of nitro benzene ring substituents is 1. The molecule has 0 saturated carbocycles. The van der Waals surface area contributed by atoms with Gasteiger partial charge in [0.1, 0.15) is 30.0 Å². The molecule has 144 valence electrons. The standard InChI is InChI=1S/C18H15N3O6S/c1-10-19-12(8-26-10)6-14-16(22)20-15(9-28-17(14)20)18(23)27-7-11-2-4-13(5-3-11)21(24)25/h2-6,8,15,17H,7,9H2,1H3/t15?,17-/m1/s1. The number of aromatic nitrogens is 1. The lowest BCUT2D eigenvalue weighted by Crippen LogP contribution is -2.56. The second-order valence-corrected chi connectivity index (χ2v) is 7.45. The van der Waals surface area contributed by atoms with Crippen LogP contribution in [0, 0.1) is 17.0 Å². The Morgan fingerprint density at radius 2 is 2.21 bits per heavy atom. The van der Waals surface area contributed by atoms with Crippen molar-refractivity contribution in [2.45, 2.75) is 24.9 Å². The van der Waals surface area contributed by atoms with Crippen molar-refractivity contribution in [3.63, 3.8) is 0 Å². The molecule has 2 fully saturated rings. The van der Waals surface area contributed by atoms with Gasteiger partial charge in [-0.25, -0.2) is 9.78 Å². The predicted octanol–water partition coefficient (Wildman–Crippen LogP) is 2.30. The van der Waals surface area contributed by atoms with Crippen LogP contribution in [0.3, 0.4) is 0 Å². The van der Waals surface area contributed by atoms with E-state index in [-0.39, 0.29) is 23.6 Å². The minimum Gasteiger partial charge on any atom is -0.459 e. The number of hydrogen-bond donors (Lipinski definition) is 0. The number of thioether (sulfide) groups is 1. The Bertz CT molecular complexity index is 983. The number of aryl methyl sites for hydroxylation is 1. The van der Waals surface area contributed by atoms with Crippen molar-refractivity contribution in [2.24, 2.45) is 0 Å². The van der Waals surface area contributed by atoms with Crippen LogP contribution in [0.1, 0.15) is 17.1 Å². The molecule has 2 saturated heterocycles. The summed E-state index contributed by atoms with van der Waals surface area (Å²) in [6.45, 7) is 1.71. The van der Waals surface area contributed by atoms with E-state index in [1.165, 1.54) is 47.2 Å². The molecule has 2 aromatic rings. The first-order valence-electron chi connectivity index (χ1n) is 8.42. The maximum absolute atomic E-state index is 12.5. The Morgan fingerprint density at radius 1 is 1.46 bits per heavy atom. The van der Waals surface area contributed by atoms with Gasteiger partial charge in [0.15, 0.2) is 5.89 Å². The molecule has 4 rings (SSSR count). The lowest BCUT2D eigenvalue weighted by Gasteiger charge is -2.38. The van der Waals surface area contributed by atoms with Crippen molar-refractivity contribution in [2.75, 3.05) is 5.75 Å². The zero-order valence-electron chi connectivity index (χ0n) is 14.7. The van der Waals surface area contributed by atoms with Crippen molar-refractivity contribution in [1.82, 2.24) is 9.88 Å². The summed E-state index contributed by atoms with van der Waals surface area (Å²) in [7, 11) is 0. The number of ether oxygens (including phenoxy) is 1. The van der Waals surface area contributed by atoms with Gasteiger partial charge < -0.3 is 14.1 Å². The van der Waals surface area contributed by atoms with E-state index in [2.05, 4.69) is 4.98 Å². The predicted molar refractivity (Wildman–Crippen MR) is 99.0 cm³/mol. The van der Waals surface area contributed by atoms with Crippen LogP contribution in [-0.2, 0) is 20.9 Å². The van der Waals surface area contributed by atoms with E-state index < -0.39 is 16.9 Å². The fourth-order valence-electron chi connectivity index (χ4n) is 3.07. The second-order valence-electron chi connectivity index (χ2n) is 6.34. The van der Waals surface area contributed by atoms with Crippen LogP contribution in [0.5, 0.6) is 0 Å². The molecule has 1 aromatic carbocycles. The van der Waals surface area contributed by atoms with Crippen LogP contribution in [0.2, 0.25) is 0 Å². The summed E-state index contributed by atoms with van der Waals surface area (Å²) in [5, 5.41) is 10.5. The van der Waals surface area contributed by atoms with Gasteiger partial charge in [-0.05, 0) is 23.8 Å². The van der Waals surface area contributed by atoms with E-state index in [4.69, 9.17) is 9.15 Å². The number of benzene rings is 1. The van der Waals surface area contributed by atoms with E-state index in [0.717, 1.165) is 0 Å². The number of nitro groups is 1. The summed E-state index contributed by atoms with van der Waals surface area (Å²) in [5.41, 5.74) is 1.77. The minimum absolute atomic E-state index is 0.00833. The Labute approximate surface area is 163 Å². The molecule has 0 spiro atoms. The van der Waals surface area contributed by atoms with E-state index in [9.17, 15) is 19.7 Å². The van der Waals surface area contributed by atoms with Crippen LogP contribution in [0.15, 0.2) is 40.5 Å². The molecular formula is C18H15N3O6S. The highest BCUT2D eigenvalue weighted by Gasteiger charge is 2.53. The average molecular weight is 401 g/mol. The maximum Gasteiger partial charge on any atom is 0.330 e. The zero-order valence-corrected chi connectivity index (χ0v) is 15.5. The van der Waals surface area contributed by atoms with Gasteiger partial charge in [0.25, 0.3) is 11.6 Å². The molecule has 0 aliphatic carbocycles. The first-order chi connectivity index (χ1) is 13.4. The minimum atomic E-state index is -0.642. The molecule has 1 amide bonds. The molecular weight excluding hydrogens is 386 g/mol. The molecule has 0 N–H and O–H groups in total. The number of hydrogen-bond acceptors (Lipinski definition) is 8. The van der Waals surface area contributed by atoms with Crippen molar-refractivity contribution >= 4 is 35.4 Å². The molecule has 2 aliphatic rings. The highest BCUT2D eigenvalue weighted by molar-refractivity contribution is 8.00. The van der Waals surface area contributed by atoms with Crippen LogP contribution in [-0.4, -0.2) is 43.9 Å². The number of carbonyl (C=O) groups excluding carboxylic acids is 2. The molecule has 2 aliphatic heterocycles. The van der Waals surface area contributed by atoms with Crippen molar-refractivity contribution in [3.05, 3.63) is 63.4 Å². The summed E-state index contributed by atoms with van der Waals surface area (Å²) in [5.74, 6) is 0.262. The summed E-state index contributed by atoms with van der Waals surface area (Å²) >= 11 is 1.50. The van der Waals surface area contributed by atoms with Gasteiger partial charge in [0.05, 0.1) is 10.5 Å². The summed E-state index contributed by atoms with van der Waals surface area (Å²) in [6, 6.07) is 5.13. The third kappa shape index (κ3) is 3.26. The number of rotatable bonds is 5. The van der Waals surface area contributed by atoms with Gasteiger partial charge in [-0.15, -0.1) is 11.8 Å². The first-order valence-corrected chi connectivity index (χ1v) is 9.47. The van der Waals surface area contributed by atoms with Crippen molar-refractivity contribution < 1.29 is 23.7 Å². The Morgan fingerprint density at radius 3 is 2.86 bits per heavy atom. The molecule has 1 unspecified atom stereocenters. The summed E-state index contributed by atoms with van der Waals surface area (Å²) in [4.78, 5) is 40.7. The van der Waals surface area contributed by atoms with Gasteiger partial charge in [-0.1, -0.05) is 0 Å². The number of oxazole rings is 1. The van der Waals surface area contributed by atoms with Gasteiger partial charge in [0.2, 0.25) is 0 Å². The van der Waals surface area contributed by atoms with Crippen LogP contribution in [0.4, 0.5) is 5.69 Å². The molecule has 28 heavy (non-hydrogen) atoms. The quantitative estimate of drug-likeness (QED) is 0.246. The first kappa shape index (κ1) is 18.2. The number of esters is 1. The van der Waals surface area contributed by atoms with E-state index in [1.54, 1.807) is 13.0 Å². The van der Waals surface area contributed by atoms with Gasteiger partial charge in [-0.2, -0.15) is 0 Å². The number of non-ortho nitro benzene ring substituents is 1. The second kappa shape index (κ2) is 7.12. The molecule has 0 radical (unpaired) electrons. The van der Waals surface area contributed by atoms with Gasteiger partial charge in [-0.3, -0.25) is 14.9 Å². The number of nitrogens with zero attached hydrogens (tertiary/aromatic N) is 3. The molecule has 1 aromatic heterocycles. The lowest BCUT2D eigenvalue weighted by molar-refractivity contribution is -0.384. The molecule has 3 heterocycles. The van der Waals surface area contributed by atoms with Crippen molar-refractivity contribution in [1.29, 1.82) is 0 Å². The van der Waals surface area contributed by atoms with Crippen LogP contribution in [0.25, 0.3) is 6.08 Å². The normalized spacial score (nSPS) is 22.1. The smallest absolute Gasteiger partial charge is 0.330 e. The average Bonchev–Trinajstić information content (AvgIpc) is 3.28. The van der Waals surface area contributed by atoms with E-state index in [1.807, 2.05) is 0 Å². The molecule has 2 atom stereocenters.